The molecule has 0 radical (unpaired) electrons. The fourth-order valence-electron chi connectivity index (χ4n) is 3.47. The zero-order chi connectivity index (χ0) is 23.0. The lowest BCUT2D eigenvalue weighted by Gasteiger charge is -2.26. The molecule has 0 spiro atoms. The summed E-state index contributed by atoms with van der Waals surface area (Å²) in [6, 6.07) is 11.2. The number of nitrogens with zero attached hydrogens (tertiary/aromatic N) is 2. The fourth-order valence-corrected chi connectivity index (χ4v) is 6.28. The highest BCUT2D eigenvalue weighted by molar-refractivity contribution is 7.94. The van der Waals surface area contributed by atoms with Gasteiger partial charge in [0.25, 0.3) is 5.91 Å². The number of thiophene rings is 1. The first-order chi connectivity index (χ1) is 15.1. The summed E-state index contributed by atoms with van der Waals surface area (Å²) in [6.45, 7) is 1.89. The Morgan fingerprint density at radius 3 is 2.59 bits per heavy atom. The molecule has 164 valence electrons. The van der Waals surface area contributed by atoms with Gasteiger partial charge < -0.3 is 0 Å². The molecule has 4 rings (SSSR count). The number of carbonyl (C=O) groups excluding carboxylic acids is 3. The topological polar surface area (TPSA) is 101 Å². The molecule has 1 aliphatic rings. The van der Waals surface area contributed by atoms with E-state index in [9.17, 15) is 22.8 Å². The molecule has 2 aromatic heterocycles. The number of aromatic nitrogens is 1. The van der Waals surface area contributed by atoms with Crippen LogP contribution >= 0.6 is 22.9 Å². The predicted molar refractivity (Wildman–Crippen MR) is 121 cm³/mol. The van der Waals surface area contributed by atoms with Crippen LogP contribution in [0, 0.1) is 6.92 Å². The molecule has 0 N–H and O–H groups in total. The number of amides is 2. The third kappa shape index (κ3) is 4.50. The molecule has 3 heterocycles. The average molecular weight is 489 g/mol. The number of ketones is 1. The maximum absolute atomic E-state index is 12.8. The van der Waals surface area contributed by atoms with Crippen molar-refractivity contribution < 1.29 is 22.8 Å². The lowest BCUT2D eigenvalue weighted by molar-refractivity contribution is -0.118. The summed E-state index contributed by atoms with van der Waals surface area (Å²) in [5, 5.41) is 0. The highest BCUT2D eigenvalue weighted by Gasteiger charge is 2.33. The van der Waals surface area contributed by atoms with Gasteiger partial charge in [-0.05, 0) is 42.3 Å². The number of rotatable bonds is 6. The van der Waals surface area contributed by atoms with Gasteiger partial charge in [-0.1, -0.05) is 35.4 Å². The van der Waals surface area contributed by atoms with E-state index in [4.69, 9.17) is 11.6 Å². The molecule has 3 aromatic rings. The zero-order valence-corrected chi connectivity index (χ0v) is 19.3. The van der Waals surface area contributed by atoms with Gasteiger partial charge >= 0.3 is 0 Å². The number of hydrogen-bond donors (Lipinski definition) is 0. The third-order valence-electron chi connectivity index (χ3n) is 4.93. The molecule has 1 aromatic carbocycles. The van der Waals surface area contributed by atoms with Gasteiger partial charge in [0, 0.05) is 18.2 Å². The Morgan fingerprint density at radius 2 is 1.94 bits per heavy atom. The van der Waals surface area contributed by atoms with Crippen molar-refractivity contribution in [3.05, 3.63) is 75.3 Å². The van der Waals surface area contributed by atoms with Gasteiger partial charge in [-0.25, -0.2) is 18.3 Å². The van der Waals surface area contributed by atoms with E-state index in [0.717, 1.165) is 21.8 Å². The summed E-state index contributed by atoms with van der Waals surface area (Å²) in [5.41, 5.74) is 2.59. The van der Waals surface area contributed by atoms with E-state index in [0.29, 0.717) is 21.0 Å². The van der Waals surface area contributed by atoms with Crippen LogP contribution in [0.4, 0.5) is 5.82 Å². The lowest BCUT2D eigenvalue weighted by atomic mass is 9.96. The molecule has 32 heavy (non-hydrogen) atoms. The minimum absolute atomic E-state index is 0.0434. The molecule has 0 saturated heterocycles. The van der Waals surface area contributed by atoms with Crippen LogP contribution in [-0.2, 0) is 32.3 Å². The van der Waals surface area contributed by atoms with Crippen molar-refractivity contribution in [1.29, 1.82) is 0 Å². The molecule has 1 aliphatic heterocycles. The van der Waals surface area contributed by atoms with Crippen LogP contribution in [0.25, 0.3) is 0 Å². The Hall–Kier alpha value is -2.88. The van der Waals surface area contributed by atoms with Crippen LogP contribution < -0.4 is 4.90 Å². The predicted octanol–water partition coefficient (Wildman–Crippen LogP) is 3.42. The van der Waals surface area contributed by atoms with Crippen LogP contribution in [0.1, 0.15) is 27.0 Å². The second-order valence-corrected chi connectivity index (χ2v) is 11.4. The Morgan fingerprint density at radius 1 is 1.16 bits per heavy atom. The molecule has 0 atom stereocenters. The number of hydrogen-bond acceptors (Lipinski definition) is 7. The first kappa shape index (κ1) is 22.3. The van der Waals surface area contributed by atoms with Crippen LogP contribution in [0.2, 0.25) is 4.34 Å². The maximum atomic E-state index is 12.8. The molecule has 0 bridgehead atoms. The Kier molecular flexibility index (Phi) is 5.98. The Balaban J connectivity index is 1.47. The van der Waals surface area contributed by atoms with Crippen LogP contribution in [0.3, 0.4) is 0 Å². The summed E-state index contributed by atoms with van der Waals surface area (Å²) >= 11 is 6.68. The van der Waals surface area contributed by atoms with Gasteiger partial charge in [-0.15, -0.1) is 11.3 Å². The molecule has 0 fully saturated rings. The highest BCUT2D eigenvalue weighted by atomic mass is 35.5. The molecule has 0 saturated carbocycles. The van der Waals surface area contributed by atoms with Gasteiger partial charge in [0.1, 0.15) is 15.8 Å². The first-order valence-corrected chi connectivity index (χ1v) is 12.4. The van der Waals surface area contributed by atoms with Crippen molar-refractivity contribution in [2.24, 2.45) is 0 Å². The third-order valence-corrected chi connectivity index (χ3v) is 8.42. The number of aryl methyl sites for hydroxylation is 1. The summed E-state index contributed by atoms with van der Waals surface area (Å²) in [5.74, 6) is -1.83. The van der Waals surface area contributed by atoms with Gasteiger partial charge in [0.2, 0.25) is 5.91 Å². The Bertz CT molecular complexity index is 1350. The van der Waals surface area contributed by atoms with Crippen molar-refractivity contribution in [2.75, 3.05) is 10.7 Å². The normalized spacial score (nSPS) is 13.9. The molecular formula is C22H17ClN2O5S2. The summed E-state index contributed by atoms with van der Waals surface area (Å²) in [4.78, 5) is 42.9. The number of pyridine rings is 1. The first-order valence-electron chi connectivity index (χ1n) is 9.55. The summed E-state index contributed by atoms with van der Waals surface area (Å²) in [6.07, 6.45) is 1.32. The van der Waals surface area contributed by atoms with E-state index in [-0.39, 0.29) is 28.8 Å². The van der Waals surface area contributed by atoms with E-state index >= 15 is 0 Å². The number of carbonyl (C=O) groups is 3. The molecule has 7 nitrogen and oxygen atoms in total. The number of Topliss-reactive ketones (excluding diaryl/α,β-unsaturated/α-hetero) is 1. The van der Waals surface area contributed by atoms with E-state index in [2.05, 4.69) is 4.98 Å². The number of fused-ring (bicyclic) bond motifs is 1. The number of benzene rings is 1. The molecule has 10 heteroatoms. The smallest absolute Gasteiger partial charge is 0.266 e. The summed E-state index contributed by atoms with van der Waals surface area (Å²) in [7, 11) is -3.76. The Labute approximate surface area is 193 Å². The van der Waals surface area contributed by atoms with Crippen molar-refractivity contribution in [2.45, 2.75) is 24.0 Å². The van der Waals surface area contributed by atoms with Crippen LogP contribution in [-0.4, -0.2) is 36.8 Å². The number of imide groups is 1. The van der Waals surface area contributed by atoms with Gasteiger partial charge in [0.15, 0.2) is 15.6 Å². The molecule has 0 aliphatic carbocycles. The zero-order valence-electron chi connectivity index (χ0n) is 16.9. The van der Waals surface area contributed by atoms with E-state index < -0.39 is 27.3 Å². The average Bonchev–Trinajstić information content (AvgIpc) is 3.16. The van der Waals surface area contributed by atoms with Crippen molar-refractivity contribution in [3.8, 4) is 0 Å². The quantitative estimate of drug-likeness (QED) is 0.493. The van der Waals surface area contributed by atoms with Crippen LogP contribution in [0.5, 0.6) is 0 Å². The fraction of sp³-hybridized carbons (Fsp3) is 0.182. The highest BCUT2D eigenvalue weighted by Crippen LogP contribution is 2.27. The monoisotopic (exact) mass is 488 g/mol. The van der Waals surface area contributed by atoms with Crippen molar-refractivity contribution in [1.82, 2.24) is 4.98 Å². The van der Waals surface area contributed by atoms with Gasteiger partial charge in [-0.2, -0.15) is 0 Å². The van der Waals surface area contributed by atoms with Gasteiger partial charge in [0.05, 0.1) is 10.8 Å². The second-order valence-electron chi connectivity index (χ2n) is 7.43. The SMILES string of the molecule is Cc1ccc2c(c1)CC(=O)N(c1ccc(CC(=O)CS(=O)(=O)c3ccc(Cl)s3)cn1)C2=O. The standard InChI is InChI=1S/C22H17ClN2O5S2/c1-13-2-4-17-15(8-13)10-20(27)25(22(17)28)19-6-3-14(11-24-19)9-16(26)12-32(29,30)21-7-5-18(23)31-21/h2-8,11H,9-10,12H2,1H3. The summed E-state index contributed by atoms with van der Waals surface area (Å²) < 4.78 is 25.0. The van der Waals surface area contributed by atoms with Crippen molar-refractivity contribution in [3.63, 3.8) is 0 Å². The van der Waals surface area contributed by atoms with E-state index in [1.54, 1.807) is 12.1 Å². The largest absolute Gasteiger partial charge is 0.298 e. The number of anilines is 1. The van der Waals surface area contributed by atoms with Crippen molar-refractivity contribution >= 4 is 56.2 Å². The molecule has 0 unspecified atom stereocenters. The van der Waals surface area contributed by atoms with Crippen LogP contribution in [0.15, 0.2) is 52.9 Å². The van der Waals surface area contributed by atoms with E-state index in [1.165, 1.54) is 24.4 Å². The van der Waals surface area contributed by atoms with Gasteiger partial charge in [-0.3, -0.25) is 14.4 Å². The molecule has 2 amide bonds. The minimum atomic E-state index is -3.76. The molecular weight excluding hydrogens is 472 g/mol. The maximum Gasteiger partial charge on any atom is 0.266 e. The minimum Gasteiger partial charge on any atom is -0.298 e. The van der Waals surface area contributed by atoms with E-state index in [1.807, 2.05) is 19.1 Å². The number of halogens is 1. The number of sulfone groups is 1. The lowest BCUT2D eigenvalue weighted by Crippen LogP contribution is -2.43. The second kappa shape index (κ2) is 8.57.